The van der Waals surface area contributed by atoms with E-state index < -0.39 is 23.7 Å². The third kappa shape index (κ3) is 12.3. The van der Waals surface area contributed by atoms with Gasteiger partial charge >= 0.3 is 18.1 Å². The van der Waals surface area contributed by atoms with Crippen LogP contribution in [-0.2, 0) is 20.5 Å². The van der Waals surface area contributed by atoms with Gasteiger partial charge in [-0.25, -0.2) is 0 Å². The first-order valence-electron chi connectivity index (χ1n) is 11.6. The van der Waals surface area contributed by atoms with Gasteiger partial charge in [0, 0.05) is 61.9 Å². The number of carboxylic acid groups (broad SMARTS) is 2. The molecule has 0 radical (unpaired) electrons. The van der Waals surface area contributed by atoms with Crippen molar-refractivity contribution < 1.29 is 37.7 Å². The molecule has 13 heteroatoms. The molecule has 0 aliphatic carbocycles. The third-order valence-electron chi connectivity index (χ3n) is 5.00. The van der Waals surface area contributed by atoms with Crippen LogP contribution in [0.2, 0.25) is 5.02 Å². The molecule has 0 amide bonds. The standard InChI is InChI=1S/C18H18ClF3N4.C4H6O4.C3H8O/c19-13-2-4-14(5-3-13)25-16-6-1-12(18(20,21)22)11-15(16)17(23)26-9-7-24-8-10-26;5-3(6)1-2-4(7)8;1-3-4-2/h1-6,11,23-25H,7-10H2;1-2H2,(H,5,6)(H,7,8);3H2,1-2H3. The summed E-state index contributed by atoms with van der Waals surface area (Å²) in [7, 11) is 1.68. The summed E-state index contributed by atoms with van der Waals surface area (Å²) >= 11 is 5.87. The third-order valence-corrected chi connectivity index (χ3v) is 5.25. The Bertz CT molecular complexity index is 1030. The predicted molar refractivity (Wildman–Crippen MR) is 140 cm³/mol. The molecule has 0 saturated carbocycles. The van der Waals surface area contributed by atoms with E-state index >= 15 is 0 Å². The fourth-order valence-electron chi connectivity index (χ4n) is 2.99. The Morgan fingerprint density at radius 1 is 1.08 bits per heavy atom. The highest BCUT2D eigenvalue weighted by Gasteiger charge is 2.32. The van der Waals surface area contributed by atoms with Crippen molar-refractivity contribution in [1.29, 1.82) is 5.41 Å². The summed E-state index contributed by atoms with van der Waals surface area (Å²) in [5.41, 5.74) is 0.582. The smallest absolute Gasteiger partial charge is 0.416 e. The second-order valence-electron chi connectivity index (χ2n) is 7.84. The Hall–Kier alpha value is -3.35. The van der Waals surface area contributed by atoms with Gasteiger partial charge in [-0.05, 0) is 49.4 Å². The van der Waals surface area contributed by atoms with Crippen LogP contribution in [0.1, 0.15) is 30.9 Å². The molecule has 0 bridgehead atoms. The van der Waals surface area contributed by atoms with Gasteiger partial charge in [0.15, 0.2) is 0 Å². The van der Waals surface area contributed by atoms with E-state index in [4.69, 9.17) is 27.2 Å². The van der Waals surface area contributed by atoms with E-state index in [0.29, 0.717) is 42.6 Å². The van der Waals surface area contributed by atoms with Crippen molar-refractivity contribution in [2.45, 2.75) is 25.9 Å². The fourth-order valence-corrected chi connectivity index (χ4v) is 3.11. The number of aliphatic carboxylic acids is 2. The second-order valence-corrected chi connectivity index (χ2v) is 8.28. The number of nitrogens with zero attached hydrogens (tertiary/aromatic N) is 1. The molecule has 0 unspecified atom stereocenters. The minimum Gasteiger partial charge on any atom is -0.481 e. The van der Waals surface area contributed by atoms with Gasteiger partial charge in [-0.2, -0.15) is 13.2 Å². The van der Waals surface area contributed by atoms with Crippen molar-refractivity contribution in [3.63, 3.8) is 0 Å². The molecule has 0 spiro atoms. The van der Waals surface area contributed by atoms with Crippen molar-refractivity contribution in [1.82, 2.24) is 10.2 Å². The topological polar surface area (TPSA) is 135 Å². The van der Waals surface area contributed by atoms with Crippen LogP contribution < -0.4 is 10.6 Å². The van der Waals surface area contributed by atoms with Gasteiger partial charge in [-0.3, -0.25) is 15.0 Å². The van der Waals surface area contributed by atoms with E-state index in [1.165, 1.54) is 6.07 Å². The molecular formula is C25H32ClF3N4O5. The molecule has 2 aromatic carbocycles. The lowest BCUT2D eigenvalue weighted by Gasteiger charge is -2.30. The normalized spacial score (nSPS) is 12.8. The lowest BCUT2D eigenvalue weighted by atomic mass is 10.1. The Kier molecular flexibility index (Phi) is 14.2. The van der Waals surface area contributed by atoms with E-state index in [-0.39, 0.29) is 24.2 Å². The maximum Gasteiger partial charge on any atom is 0.416 e. The number of carboxylic acids is 2. The van der Waals surface area contributed by atoms with Crippen molar-refractivity contribution in [3.05, 3.63) is 58.6 Å². The summed E-state index contributed by atoms with van der Waals surface area (Å²) in [5, 5.41) is 31.1. The number of rotatable bonds is 7. The minimum atomic E-state index is -4.46. The maximum absolute atomic E-state index is 13.1. The highest BCUT2D eigenvalue weighted by Crippen LogP contribution is 2.33. The van der Waals surface area contributed by atoms with Crippen LogP contribution in [0.5, 0.6) is 0 Å². The number of alkyl halides is 3. The molecule has 0 atom stereocenters. The number of nitrogens with one attached hydrogen (secondary N) is 3. The summed E-state index contributed by atoms with van der Waals surface area (Å²) in [6.07, 6.45) is -5.05. The Morgan fingerprint density at radius 3 is 2.05 bits per heavy atom. The van der Waals surface area contributed by atoms with Gasteiger partial charge < -0.3 is 30.5 Å². The number of benzene rings is 2. The maximum atomic E-state index is 13.1. The van der Waals surface area contributed by atoms with Crippen LogP contribution >= 0.6 is 11.6 Å². The van der Waals surface area contributed by atoms with Crippen LogP contribution in [0, 0.1) is 5.41 Å². The van der Waals surface area contributed by atoms with Gasteiger partial charge in [0.25, 0.3) is 0 Å². The summed E-state index contributed by atoms with van der Waals surface area (Å²) in [5.74, 6) is -2.08. The molecule has 0 aromatic heterocycles. The molecule has 9 nitrogen and oxygen atoms in total. The van der Waals surface area contributed by atoms with E-state index in [1.807, 2.05) is 6.92 Å². The van der Waals surface area contributed by atoms with Gasteiger partial charge in [0.2, 0.25) is 0 Å². The summed E-state index contributed by atoms with van der Waals surface area (Å²) in [6.45, 7) is 5.33. The van der Waals surface area contributed by atoms with Crippen molar-refractivity contribution in [3.8, 4) is 0 Å². The van der Waals surface area contributed by atoms with Gasteiger partial charge in [-0.1, -0.05) is 11.6 Å². The van der Waals surface area contributed by atoms with E-state index in [0.717, 1.165) is 18.7 Å². The Balaban J connectivity index is 0.000000504. The number of hydrogen-bond acceptors (Lipinski definition) is 6. The second kappa shape index (κ2) is 16.5. The average molecular weight is 561 g/mol. The van der Waals surface area contributed by atoms with Gasteiger partial charge in [0.1, 0.15) is 5.84 Å². The SMILES string of the molecule is CCOC.N=C(c1cc(C(F)(F)F)ccc1Nc1ccc(Cl)cc1)N1CCNCC1.O=C(O)CCC(=O)O. The Labute approximate surface area is 224 Å². The Morgan fingerprint density at radius 2 is 1.61 bits per heavy atom. The lowest BCUT2D eigenvalue weighted by Crippen LogP contribution is -2.46. The number of carbonyl (C=O) groups is 2. The van der Waals surface area contributed by atoms with Crippen molar-refractivity contribution >= 4 is 40.7 Å². The number of piperazine rings is 1. The molecule has 1 aliphatic heterocycles. The quantitative estimate of drug-likeness (QED) is 0.238. The first-order valence-corrected chi connectivity index (χ1v) is 12.0. The number of anilines is 2. The van der Waals surface area contributed by atoms with Crippen molar-refractivity contribution in [2.24, 2.45) is 0 Å². The molecule has 3 rings (SSSR count). The van der Waals surface area contributed by atoms with E-state index in [2.05, 4.69) is 15.4 Å². The van der Waals surface area contributed by atoms with E-state index in [9.17, 15) is 22.8 Å². The van der Waals surface area contributed by atoms with Crippen molar-refractivity contribution in [2.75, 3.05) is 45.2 Å². The first kappa shape index (κ1) is 32.7. The van der Waals surface area contributed by atoms with Crippen LogP contribution in [-0.4, -0.2) is 72.8 Å². The molecule has 210 valence electrons. The summed E-state index contributed by atoms with van der Waals surface area (Å²) < 4.78 is 44.0. The number of methoxy groups -OCH3 is 1. The molecule has 1 heterocycles. The number of hydrogen-bond donors (Lipinski definition) is 5. The average Bonchev–Trinajstić information content (AvgIpc) is 2.89. The fraction of sp³-hybridized carbons (Fsp3) is 0.400. The molecular weight excluding hydrogens is 529 g/mol. The zero-order valence-electron chi connectivity index (χ0n) is 21.1. The predicted octanol–water partition coefficient (Wildman–Crippen LogP) is 4.92. The number of amidine groups is 1. The minimum absolute atomic E-state index is 0.0778. The monoisotopic (exact) mass is 560 g/mol. The zero-order chi connectivity index (χ0) is 28.7. The molecule has 5 N–H and O–H groups in total. The molecule has 1 fully saturated rings. The lowest BCUT2D eigenvalue weighted by molar-refractivity contribution is -0.143. The molecule has 2 aromatic rings. The summed E-state index contributed by atoms with van der Waals surface area (Å²) in [6, 6.07) is 10.3. The van der Waals surface area contributed by atoms with Crippen LogP contribution in [0.15, 0.2) is 42.5 Å². The summed E-state index contributed by atoms with van der Waals surface area (Å²) in [4.78, 5) is 21.1. The van der Waals surface area contributed by atoms with Gasteiger partial charge in [0.05, 0.1) is 18.4 Å². The number of ether oxygens (including phenoxy) is 1. The van der Waals surface area contributed by atoms with E-state index in [1.54, 1.807) is 36.3 Å². The molecule has 38 heavy (non-hydrogen) atoms. The zero-order valence-corrected chi connectivity index (χ0v) is 21.8. The molecule has 1 saturated heterocycles. The largest absolute Gasteiger partial charge is 0.481 e. The number of halogens is 4. The highest BCUT2D eigenvalue weighted by molar-refractivity contribution is 6.30. The van der Waals surface area contributed by atoms with Crippen LogP contribution in [0.25, 0.3) is 0 Å². The van der Waals surface area contributed by atoms with Gasteiger partial charge in [-0.15, -0.1) is 0 Å². The van der Waals surface area contributed by atoms with Crippen LogP contribution in [0.3, 0.4) is 0 Å². The molecule has 1 aliphatic rings. The first-order chi connectivity index (χ1) is 17.9. The van der Waals surface area contributed by atoms with Crippen LogP contribution in [0.4, 0.5) is 24.5 Å². The highest BCUT2D eigenvalue weighted by atomic mass is 35.5.